The molecule has 6 nitrogen and oxygen atoms in total. The average Bonchev–Trinajstić information content (AvgIpc) is 2.73. The molecule has 0 saturated carbocycles. The minimum Gasteiger partial charge on any atom is -0.453 e. The first-order valence-electron chi connectivity index (χ1n) is 9.18. The van der Waals surface area contributed by atoms with Gasteiger partial charge in [0, 0.05) is 27.5 Å². The fraction of sp³-hybridized carbons (Fsp3) is 0.182. The van der Waals surface area contributed by atoms with Gasteiger partial charge >= 0.3 is 0 Å². The van der Waals surface area contributed by atoms with Gasteiger partial charge in [-0.25, -0.2) is 4.39 Å². The van der Waals surface area contributed by atoms with Crippen molar-refractivity contribution < 1.29 is 23.0 Å². The van der Waals surface area contributed by atoms with Gasteiger partial charge in [-0.3, -0.25) is 14.3 Å². The van der Waals surface area contributed by atoms with Gasteiger partial charge in [0.2, 0.25) is 0 Å². The number of ether oxygens (including phenoxy) is 2. The SMILES string of the molecule is CC.Cc1cc(Oc2ccc(S(C)=O)cc2)c(Oc2ccccc2F)cc1[N+](=O)[O-]. The average molecular weight is 431 g/mol. The lowest BCUT2D eigenvalue weighted by molar-refractivity contribution is -0.385. The molecule has 0 N–H and O–H groups in total. The first-order chi connectivity index (χ1) is 14.3. The van der Waals surface area contributed by atoms with Crippen LogP contribution in [0.25, 0.3) is 0 Å². The highest BCUT2D eigenvalue weighted by Gasteiger charge is 2.19. The highest BCUT2D eigenvalue weighted by molar-refractivity contribution is 7.84. The Labute approximate surface area is 176 Å². The maximum absolute atomic E-state index is 14.0. The summed E-state index contributed by atoms with van der Waals surface area (Å²) in [5.74, 6) is -0.0724. The van der Waals surface area contributed by atoms with Crippen LogP contribution < -0.4 is 9.47 Å². The fourth-order valence-electron chi connectivity index (χ4n) is 2.48. The molecule has 1 atom stereocenters. The summed E-state index contributed by atoms with van der Waals surface area (Å²) in [5.41, 5.74) is 0.197. The zero-order chi connectivity index (χ0) is 22.3. The lowest BCUT2D eigenvalue weighted by Gasteiger charge is -2.14. The molecule has 30 heavy (non-hydrogen) atoms. The molecule has 3 aromatic carbocycles. The molecule has 3 rings (SSSR count). The van der Waals surface area contributed by atoms with E-state index in [-0.39, 0.29) is 22.9 Å². The number of halogens is 1. The third-order valence-electron chi connectivity index (χ3n) is 3.90. The Morgan fingerprint density at radius 1 is 0.933 bits per heavy atom. The summed E-state index contributed by atoms with van der Waals surface area (Å²) in [6.07, 6.45) is 1.57. The molecule has 0 amide bonds. The van der Waals surface area contributed by atoms with Crippen LogP contribution >= 0.6 is 0 Å². The molecule has 0 bridgehead atoms. The molecule has 0 radical (unpaired) electrons. The zero-order valence-corrected chi connectivity index (χ0v) is 17.9. The van der Waals surface area contributed by atoms with E-state index in [0.717, 1.165) is 0 Å². The standard InChI is InChI=1S/C20H16FNO5S.C2H6/c1-13-11-19(26-14-7-9-15(10-8-14)28(2)25)20(12-17(13)22(23)24)27-18-6-4-3-5-16(18)21;1-2/h3-12H,1-2H3;1-2H3. The predicted molar refractivity (Wildman–Crippen MR) is 115 cm³/mol. The Hall–Kier alpha value is -3.26. The number of para-hydroxylation sites is 1. The van der Waals surface area contributed by atoms with Crippen LogP contribution in [0.3, 0.4) is 0 Å². The molecule has 0 aliphatic rings. The molecule has 0 aliphatic heterocycles. The topological polar surface area (TPSA) is 78.7 Å². The van der Waals surface area contributed by atoms with E-state index in [9.17, 15) is 18.7 Å². The van der Waals surface area contributed by atoms with Crippen LogP contribution in [0.2, 0.25) is 0 Å². The van der Waals surface area contributed by atoms with Gasteiger partial charge < -0.3 is 9.47 Å². The number of benzene rings is 3. The molecule has 1 unspecified atom stereocenters. The van der Waals surface area contributed by atoms with Gasteiger partial charge in [-0.1, -0.05) is 26.0 Å². The third-order valence-corrected chi connectivity index (χ3v) is 4.84. The first-order valence-corrected chi connectivity index (χ1v) is 10.7. The number of rotatable bonds is 6. The summed E-state index contributed by atoms with van der Waals surface area (Å²) >= 11 is 0. The van der Waals surface area contributed by atoms with Gasteiger partial charge in [-0.05, 0) is 49.4 Å². The van der Waals surface area contributed by atoms with Crippen LogP contribution in [0.1, 0.15) is 19.4 Å². The quantitative estimate of drug-likeness (QED) is 0.334. The normalized spacial score (nSPS) is 11.1. The largest absolute Gasteiger partial charge is 0.453 e. The lowest BCUT2D eigenvalue weighted by atomic mass is 10.1. The van der Waals surface area contributed by atoms with Crippen molar-refractivity contribution in [1.29, 1.82) is 0 Å². The number of aryl methyl sites for hydroxylation is 1. The molecule has 3 aromatic rings. The van der Waals surface area contributed by atoms with Crippen LogP contribution in [0.4, 0.5) is 10.1 Å². The predicted octanol–water partition coefficient (Wildman–Crippen LogP) is 6.39. The Morgan fingerprint density at radius 3 is 2.10 bits per heavy atom. The summed E-state index contributed by atoms with van der Waals surface area (Å²) < 4.78 is 36.8. The number of hydrogen-bond donors (Lipinski definition) is 0. The number of nitro benzene ring substituents is 1. The molecule has 0 aliphatic carbocycles. The Balaban J connectivity index is 0.00000155. The molecule has 8 heteroatoms. The van der Waals surface area contributed by atoms with Crippen molar-refractivity contribution in [3.05, 3.63) is 82.2 Å². The Morgan fingerprint density at radius 2 is 1.53 bits per heavy atom. The van der Waals surface area contributed by atoms with E-state index in [4.69, 9.17) is 9.47 Å². The smallest absolute Gasteiger partial charge is 0.276 e. The summed E-state index contributed by atoms with van der Waals surface area (Å²) in [7, 11) is -1.13. The fourth-order valence-corrected chi connectivity index (χ4v) is 3.00. The van der Waals surface area contributed by atoms with Gasteiger partial charge in [0.05, 0.1) is 11.0 Å². The van der Waals surface area contributed by atoms with Crippen molar-refractivity contribution in [2.24, 2.45) is 0 Å². The third kappa shape index (κ3) is 5.64. The van der Waals surface area contributed by atoms with Gasteiger partial charge in [0.1, 0.15) is 5.75 Å². The van der Waals surface area contributed by atoms with E-state index in [0.29, 0.717) is 16.2 Å². The minimum absolute atomic E-state index is 0.00513. The van der Waals surface area contributed by atoms with E-state index >= 15 is 0 Å². The van der Waals surface area contributed by atoms with Crippen LogP contribution in [-0.2, 0) is 10.8 Å². The number of nitro groups is 1. The molecule has 0 spiro atoms. The Kier molecular flexibility index (Phi) is 8.06. The highest BCUT2D eigenvalue weighted by Crippen LogP contribution is 2.40. The second-order valence-corrected chi connectivity index (χ2v) is 7.28. The van der Waals surface area contributed by atoms with Crippen LogP contribution in [0.5, 0.6) is 23.0 Å². The molecule has 0 fully saturated rings. The van der Waals surface area contributed by atoms with E-state index < -0.39 is 21.5 Å². The van der Waals surface area contributed by atoms with E-state index in [2.05, 4.69) is 0 Å². The molecule has 0 heterocycles. The van der Waals surface area contributed by atoms with E-state index in [1.54, 1.807) is 43.5 Å². The second kappa shape index (κ2) is 10.5. The summed E-state index contributed by atoms with van der Waals surface area (Å²) in [4.78, 5) is 11.4. The number of nitrogens with zero attached hydrogens (tertiary/aromatic N) is 1. The summed E-state index contributed by atoms with van der Waals surface area (Å²) in [6, 6.07) is 15.0. The van der Waals surface area contributed by atoms with Crippen molar-refractivity contribution in [1.82, 2.24) is 0 Å². The minimum atomic E-state index is -1.13. The molecular weight excluding hydrogens is 409 g/mol. The maximum Gasteiger partial charge on any atom is 0.276 e. The first kappa shape index (κ1) is 23.0. The van der Waals surface area contributed by atoms with E-state index in [1.807, 2.05) is 13.8 Å². The summed E-state index contributed by atoms with van der Waals surface area (Å²) in [6.45, 7) is 5.57. The van der Waals surface area contributed by atoms with Crippen molar-refractivity contribution in [3.8, 4) is 23.0 Å². The second-order valence-electron chi connectivity index (χ2n) is 5.90. The summed E-state index contributed by atoms with van der Waals surface area (Å²) in [5, 5.41) is 11.3. The van der Waals surface area contributed by atoms with Gasteiger partial charge in [-0.2, -0.15) is 0 Å². The Bertz CT molecular complexity index is 1050. The van der Waals surface area contributed by atoms with Crippen LogP contribution in [0.15, 0.2) is 65.6 Å². The number of hydrogen-bond acceptors (Lipinski definition) is 5. The van der Waals surface area contributed by atoms with Gasteiger partial charge in [-0.15, -0.1) is 0 Å². The zero-order valence-electron chi connectivity index (χ0n) is 17.0. The molecule has 0 saturated heterocycles. The molecular formula is C22H22FNO5S. The van der Waals surface area contributed by atoms with E-state index in [1.165, 1.54) is 30.3 Å². The lowest BCUT2D eigenvalue weighted by Crippen LogP contribution is -1.97. The highest BCUT2D eigenvalue weighted by atomic mass is 32.2. The molecule has 0 aromatic heterocycles. The van der Waals surface area contributed by atoms with Gasteiger partial charge in [0.25, 0.3) is 5.69 Å². The van der Waals surface area contributed by atoms with Crippen LogP contribution in [0, 0.1) is 22.9 Å². The van der Waals surface area contributed by atoms with Gasteiger partial charge in [0.15, 0.2) is 23.1 Å². The van der Waals surface area contributed by atoms with Crippen LogP contribution in [-0.4, -0.2) is 15.4 Å². The van der Waals surface area contributed by atoms with Crippen molar-refractivity contribution in [3.63, 3.8) is 0 Å². The van der Waals surface area contributed by atoms with Crippen molar-refractivity contribution in [2.45, 2.75) is 25.7 Å². The monoisotopic (exact) mass is 431 g/mol. The van der Waals surface area contributed by atoms with Crippen molar-refractivity contribution >= 4 is 16.5 Å². The van der Waals surface area contributed by atoms with Crippen molar-refractivity contribution in [2.75, 3.05) is 6.26 Å². The molecule has 158 valence electrons. The maximum atomic E-state index is 14.0.